The van der Waals surface area contributed by atoms with E-state index in [4.69, 9.17) is 11.6 Å². The molecule has 1 saturated heterocycles. The molecule has 1 aromatic carbocycles. The van der Waals surface area contributed by atoms with Gasteiger partial charge in [-0.1, -0.05) is 32.4 Å². The van der Waals surface area contributed by atoms with Gasteiger partial charge in [0.15, 0.2) is 0 Å². The smallest absolute Gasteiger partial charge is 0.256 e. The van der Waals surface area contributed by atoms with E-state index in [1.165, 1.54) is 0 Å². The van der Waals surface area contributed by atoms with E-state index in [1.54, 1.807) is 6.07 Å². The van der Waals surface area contributed by atoms with Gasteiger partial charge < -0.3 is 10.2 Å². The number of halogens is 1. The highest BCUT2D eigenvalue weighted by molar-refractivity contribution is 8.00. The van der Waals surface area contributed by atoms with Crippen molar-refractivity contribution in [2.75, 3.05) is 25.0 Å². The summed E-state index contributed by atoms with van der Waals surface area (Å²) in [5, 5.41) is 4.88. The molecule has 1 heterocycles. The number of carbonyl (C=O) groups is 1. The molecule has 1 aliphatic heterocycles. The number of benzene rings is 1. The number of nitrogens with one attached hydrogen (secondary N) is 1. The van der Waals surface area contributed by atoms with Crippen molar-refractivity contribution in [1.29, 1.82) is 0 Å². The Morgan fingerprint density at radius 1 is 1.38 bits per heavy atom. The van der Waals surface area contributed by atoms with Crippen LogP contribution in [0.25, 0.3) is 0 Å². The number of rotatable bonds is 4. The van der Waals surface area contributed by atoms with Crippen LogP contribution in [0.15, 0.2) is 18.2 Å². The molecule has 3 nitrogen and oxygen atoms in total. The highest BCUT2D eigenvalue weighted by atomic mass is 35.5. The molecule has 0 bridgehead atoms. The van der Waals surface area contributed by atoms with E-state index in [9.17, 15) is 4.79 Å². The second kappa shape index (κ2) is 7.41. The Morgan fingerprint density at radius 3 is 2.67 bits per heavy atom. The molecule has 0 aliphatic carbocycles. The van der Waals surface area contributed by atoms with E-state index in [-0.39, 0.29) is 5.91 Å². The van der Waals surface area contributed by atoms with Crippen LogP contribution in [0.2, 0.25) is 5.02 Å². The molecule has 116 valence electrons. The molecule has 5 heteroatoms. The SMILES string of the molecule is CCCNc1ccc(Cl)cc1C(=O)N1CC(C)SC(C)C1. The summed E-state index contributed by atoms with van der Waals surface area (Å²) in [5.41, 5.74) is 1.56. The zero-order chi connectivity index (χ0) is 15.4. The minimum atomic E-state index is 0.0788. The lowest BCUT2D eigenvalue weighted by atomic mass is 10.1. The fraction of sp³-hybridized carbons (Fsp3) is 0.562. The van der Waals surface area contributed by atoms with Gasteiger partial charge >= 0.3 is 0 Å². The predicted molar refractivity (Wildman–Crippen MR) is 92.7 cm³/mol. The largest absolute Gasteiger partial charge is 0.384 e. The van der Waals surface area contributed by atoms with Gasteiger partial charge in [0, 0.05) is 40.8 Å². The summed E-state index contributed by atoms with van der Waals surface area (Å²) in [6, 6.07) is 5.50. The lowest BCUT2D eigenvalue weighted by Gasteiger charge is -2.35. The van der Waals surface area contributed by atoms with Gasteiger partial charge in [-0.2, -0.15) is 11.8 Å². The average Bonchev–Trinajstić information content (AvgIpc) is 2.44. The van der Waals surface area contributed by atoms with Crippen molar-refractivity contribution < 1.29 is 4.79 Å². The van der Waals surface area contributed by atoms with Crippen molar-refractivity contribution in [2.45, 2.75) is 37.7 Å². The highest BCUT2D eigenvalue weighted by Crippen LogP contribution is 2.28. The van der Waals surface area contributed by atoms with E-state index < -0.39 is 0 Å². The van der Waals surface area contributed by atoms with Crippen LogP contribution in [0.3, 0.4) is 0 Å². The van der Waals surface area contributed by atoms with E-state index in [0.29, 0.717) is 21.1 Å². The molecule has 0 saturated carbocycles. The Bertz CT molecular complexity index is 499. The number of hydrogen-bond donors (Lipinski definition) is 1. The van der Waals surface area contributed by atoms with Crippen molar-refractivity contribution in [3.05, 3.63) is 28.8 Å². The predicted octanol–water partition coefficient (Wildman–Crippen LogP) is 4.13. The van der Waals surface area contributed by atoms with E-state index in [0.717, 1.165) is 31.7 Å². The minimum Gasteiger partial charge on any atom is -0.384 e. The van der Waals surface area contributed by atoms with Crippen molar-refractivity contribution in [1.82, 2.24) is 4.90 Å². The maximum atomic E-state index is 12.8. The van der Waals surface area contributed by atoms with Crippen molar-refractivity contribution in [2.24, 2.45) is 0 Å². The molecule has 1 aromatic rings. The summed E-state index contributed by atoms with van der Waals surface area (Å²) in [6.07, 6.45) is 1.02. The van der Waals surface area contributed by atoms with Crippen molar-refractivity contribution >= 4 is 35.0 Å². The third-order valence-electron chi connectivity index (χ3n) is 3.48. The lowest BCUT2D eigenvalue weighted by molar-refractivity contribution is 0.0754. The second-order valence-corrected chi connectivity index (χ2v) is 7.90. The maximum absolute atomic E-state index is 12.8. The summed E-state index contributed by atoms with van der Waals surface area (Å²) >= 11 is 8.03. The van der Waals surface area contributed by atoms with Gasteiger partial charge in [-0.05, 0) is 24.6 Å². The Kier molecular flexibility index (Phi) is 5.82. The van der Waals surface area contributed by atoms with E-state index in [2.05, 4.69) is 26.1 Å². The number of nitrogens with zero attached hydrogens (tertiary/aromatic N) is 1. The molecular formula is C16H23ClN2OS. The number of carbonyl (C=O) groups excluding carboxylic acids is 1. The Balaban J connectivity index is 2.22. The first-order chi connectivity index (χ1) is 10.0. The third kappa shape index (κ3) is 4.30. The zero-order valence-electron chi connectivity index (χ0n) is 12.9. The summed E-state index contributed by atoms with van der Waals surface area (Å²) in [6.45, 7) is 8.91. The quantitative estimate of drug-likeness (QED) is 0.903. The van der Waals surface area contributed by atoms with Gasteiger partial charge in [-0.3, -0.25) is 4.79 Å². The van der Waals surface area contributed by atoms with Crippen molar-refractivity contribution in [3.8, 4) is 0 Å². The number of anilines is 1. The molecule has 1 amide bonds. The van der Waals surface area contributed by atoms with Gasteiger partial charge in [0.2, 0.25) is 0 Å². The molecule has 1 fully saturated rings. The van der Waals surface area contributed by atoms with Gasteiger partial charge in [0.05, 0.1) is 5.56 Å². The van der Waals surface area contributed by atoms with Gasteiger partial charge in [-0.25, -0.2) is 0 Å². The summed E-state index contributed by atoms with van der Waals surface area (Å²) in [5.74, 6) is 0.0788. The molecule has 21 heavy (non-hydrogen) atoms. The molecule has 0 aromatic heterocycles. The molecule has 0 spiro atoms. The summed E-state index contributed by atoms with van der Waals surface area (Å²) < 4.78 is 0. The van der Waals surface area contributed by atoms with Crippen LogP contribution in [0.1, 0.15) is 37.6 Å². The molecule has 2 unspecified atom stereocenters. The number of amides is 1. The van der Waals surface area contributed by atoms with Crippen LogP contribution in [0.4, 0.5) is 5.69 Å². The fourth-order valence-corrected chi connectivity index (χ4v) is 4.12. The maximum Gasteiger partial charge on any atom is 0.256 e. The first-order valence-electron chi connectivity index (χ1n) is 7.49. The molecular weight excluding hydrogens is 304 g/mol. The standard InChI is InChI=1S/C16H23ClN2OS/c1-4-7-18-15-6-5-13(17)8-14(15)16(20)19-9-11(2)21-12(3)10-19/h5-6,8,11-12,18H,4,7,9-10H2,1-3H3. The van der Waals surface area contributed by atoms with E-state index >= 15 is 0 Å². The summed E-state index contributed by atoms with van der Waals surface area (Å²) in [4.78, 5) is 14.8. The van der Waals surface area contributed by atoms with Crippen LogP contribution in [-0.2, 0) is 0 Å². The first kappa shape index (κ1) is 16.5. The molecule has 2 atom stereocenters. The average molecular weight is 327 g/mol. The molecule has 1 aliphatic rings. The van der Waals surface area contributed by atoms with Crippen LogP contribution in [-0.4, -0.2) is 40.9 Å². The molecule has 1 N–H and O–H groups in total. The van der Waals surface area contributed by atoms with E-state index in [1.807, 2.05) is 28.8 Å². The molecule has 0 radical (unpaired) electrons. The van der Waals surface area contributed by atoms with Gasteiger partial charge in [0.25, 0.3) is 5.91 Å². The van der Waals surface area contributed by atoms with Crippen LogP contribution < -0.4 is 5.32 Å². The number of hydrogen-bond acceptors (Lipinski definition) is 3. The molecule has 2 rings (SSSR count). The third-order valence-corrected chi connectivity index (χ3v) is 4.95. The van der Waals surface area contributed by atoms with Gasteiger partial charge in [0.1, 0.15) is 0 Å². The Hall–Kier alpha value is -0.870. The number of thioether (sulfide) groups is 1. The lowest BCUT2D eigenvalue weighted by Crippen LogP contribution is -2.44. The topological polar surface area (TPSA) is 32.3 Å². The normalized spacial score (nSPS) is 22.2. The zero-order valence-corrected chi connectivity index (χ0v) is 14.4. The van der Waals surface area contributed by atoms with Crippen LogP contribution in [0, 0.1) is 0 Å². The Morgan fingerprint density at radius 2 is 2.05 bits per heavy atom. The van der Waals surface area contributed by atoms with Crippen LogP contribution >= 0.6 is 23.4 Å². The fourth-order valence-electron chi connectivity index (χ4n) is 2.62. The minimum absolute atomic E-state index is 0.0788. The van der Waals surface area contributed by atoms with Gasteiger partial charge in [-0.15, -0.1) is 0 Å². The van der Waals surface area contributed by atoms with Crippen molar-refractivity contribution in [3.63, 3.8) is 0 Å². The highest BCUT2D eigenvalue weighted by Gasteiger charge is 2.27. The van der Waals surface area contributed by atoms with Crippen LogP contribution in [0.5, 0.6) is 0 Å². The second-order valence-electron chi connectivity index (χ2n) is 5.58. The monoisotopic (exact) mass is 326 g/mol. The first-order valence-corrected chi connectivity index (χ1v) is 8.81. The summed E-state index contributed by atoms with van der Waals surface area (Å²) in [7, 11) is 0. The Labute approximate surface area is 136 Å².